The molecule has 1 atom stereocenters. The van der Waals surface area contributed by atoms with Crippen LogP contribution in [0.3, 0.4) is 0 Å². The number of halogens is 1. The van der Waals surface area contributed by atoms with Gasteiger partial charge in [-0.15, -0.1) is 0 Å². The predicted octanol–water partition coefficient (Wildman–Crippen LogP) is 2.17. The molecule has 5 heteroatoms. The second kappa shape index (κ2) is 5.38. The lowest BCUT2D eigenvalue weighted by molar-refractivity contribution is 0.221. The van der Waals surface area contributed by atoms with Gasteiger partial charge in [-0.2, -0.15) is 0 Å². The molecule has 0 bridgehead atoms. The van der Waals surface area contributed by atoms with E-state index in [4.69, 9.17) is 11.6 Å². The van der Waals surface area contributed by atoms with Crippen LogP contribution in [0.4, 0.5) is 10.5 Å². The summed E-state index contributed by atoms with van der Waals surface area (Å²) < 4.78 is 0. The van der Waals surface area contributed by atoms with Crippen LogP contribution in [0.25, 0.3) is 0 Å². The van der Waals surface area contributed by atoms with E-state index in [1.165, 1.54) is 0 Å². The van der Waals surface area contributed by atoms with Gasteiger partial charge in [-0.3, -0.25) is 0 Å². The highest BCUT2D eigenvalue weighted by Crippen LogP contribution is 2.15. The molecule has 1 aromatic carbocycles. The molecule has 1 aliphatic rings. The number of urea groups is 1. The van der Waals surface area contributed by atoms with Crippen LogP contribution in [-0.2, 0) is 0 Å². The second-order valence-electron chi connectivity index (χ2n) is 4.16. The molecule has 1 aliphatic heterocycles. The maximum absolute atomic E-state index is 11.9. The fourth-order valence-corrected chi connectivity index (χ4v) is 2.04. The fraction of sp³-hybridized carbons (Fsp3) is 0.417. The minimum absolute atomic E-state index is 0.0509. The van der Waals surface area contributed by atoms with Crippen LogP contribution in [-0.4, -0.2) is 37.1 Å². The lowest BCUT2D eigenvalue weighted by Crippen LogP contribution is -2.36. The third kappa shape index (κ3) is 3.11. The average molecular weight is 254 g/mol. The Morgan fingerprint density at radius 2 is 2.12 bits per heavy atom. The number of amides is 2. The maximum atomic E-state index is 11.9. The van der Waals surface area contributed by atoms with Gasteiger partial charge in [0, 0.05) is 29.8 Å². The minimum atomic E-state index is -0.0509. The number of likely N-dealkylation sites (tertiary alicyclic amines) is 1. The van der Waals surface area contributed by atoms with Crippen LogP contribution in [0.2, 0.25) is 5.02 Å². The van der Waals surface area contributed by atoms with Gasteiger partial charge in [0.2, 0.25) is 0 Å². The Morgan fingerprint density at radius 1 is 1.41 bits per heavy atom. The van der Waals surface area contributed by atoms with Crippen molar-refractivity contribution < 1.29 is 4.79 Å². The zero-order chi connectivity index (χ0) is 12.3. The molecule has 0 spiro atoms. The van der Waals surface area contributed by atoms with Crippen molar-refractivity contribution in [2.24, 2.45) is 0 Å². The SMILES string of the molecule is CN[C@@H]1CCN(C(=O)Nc2ccc(Cl)cc2)C1. The van der Waals surface area contributed by atoms with Crippen LogP contribution in [0.15, 0.2) is 24.3 Å². The van der Waals surface area contributed by atoms with Gasteiger partial charge >= 0.3 is 6.03 Å². The summed E-state index contributed by atoms with van der Waals surface area (Å²) in [6, 6.07) is 7.48. The molecule has 1 saturated heterocycles. The van der Waals surface area contributed by atoms with E-state index in [1.54, 1.807) is 24.3 Å². The third-order valence-corrected chi connectivity index (χ3v) is 3.23. The van der Waals surface area contributed by atoms with Gasteiger partial charge in [-0.1, -0.05) is 11.6 Å². The summed E-state index contributed by atoms with van der Waals surface area (Å²) in [6.45, 7) is 1.56. The third-order valence-electron chi connectivity index (χ3n) is 2.98. The molecule has 17 heavy (non-hydrogen) atoms. The molecule has 2 rings (SSSR count). The lowest BCUT2D eigenvalue weighted by Gasteiger charge is -2.17. The zero-order valence-electron chi connectivity index (χ0n) is 9.74. The zero-order valence-corrected chi connectivity index (χ0v) is 10.5. The van der Waals surface area contributed by atoms with E-state index in [0.717, 1.165) is 25.2 Å². The van der Waals surface area contributed by atoms with E-state index in [1.807, 2.05) is 11.9 Å². The smallest absolute Gasteiger partial charge is 0.321 e. The summed E-state index contributed by atoms with van der Waals surface area (Å²) in [6.07, 6.45) is 1.00. The summed E-state index contributed by atoms with van der Waals surface area (Å²) in [5.41, 5.74) is 0.771. The number of carbonyl (C=O) groups excluding carboxylic acids is 1. The predicted molar refractivity (Wildman–Crippen MR) is 69.5 cm³/mol. The van der Waals surface area contributed by atoms with Crippen LogP contribution in [0, 0.1) is 0 Å². The first-order chi connectivity index (χ1) is 8.19. The maximum Gasteiger partial charge on any atom is 0.321 e. The highest BCUT2D eigenvalue weighted by atomic mass is 35.5. The summed E-state index contributed by atoms with van der Waals surface area (Å²) in [4.78, 5) is 13.7. The normalized spacial score (nSPS) is 19.4. The molecule has 0 saturated carbocycles. The van der Waals surface area contributed by atoms with E-state index in [-0.39, 0.29) is 6.03 Å². The number of anilines is 1. The summed E-state index contributed by atoms with van der Waals surface area (Å²) >= 11 is 5.78. The van der Waals surface area contributed by atoms with Crippen LogP contribution < -0.4 is 10.6 Å². The van der Waals surface area contributed by atoms with Crippen molar-refractivity contribution in [2.75, 3.05) is 25.5 Å². The molecule has 0 aliphatic carbocycles. The molecular formula is C12H16ClN3O. The molecule has 0 unspecified atom stereocenters. The number of hydrogen-bond donors (Lipinski definition) is 2. The number of likely N-dealkylation sites (N-methyl/N-ethyl adjacent to an activating group) is 1. The molecule has 1 heterocycles. The van der Waals surface area contributed by atoms with Gasteiger partial charge in [-0.05, 0) is 37.7 Å². The Morgan fingerprint density at radius 3 is 2.71 bits per heavy atom. The van der Waals surface area contributed by atoms with Crippen LogP contribution in [0.5, 0.6) is 0 Å². The highest BCUT2D eigenvalue weighted by molar-refractivity contribution is 6.30. The van der Waals surface area contributed by atoms with Crippen molar-refractivity contribution in [2.45, 2.75) is 12.5 Å². The molecular weight excluding hydrogens is 238 g/mol. The van der Waals surface area contributed by atoms with Crippen LogP contribution in [0.1, 0.15) is 6.42 Å². The quantitative estimate of drug-likeness (QED) is 0.849. The first-order valence-corrected chi connectivity index (χ1v) is 6.05. The Labute approximate surface area is 106 Å². The summed E-state index contributed by atoms with van der Waals surface area (Å²) in [7, 11) is 1.92. The molecule has 0 aromatic heterocycles. The standard InChI is InChI=1S/C12H16ClN3O/c1-14-11-6-7-16(8-11)12(17)15-10-4-2-9(13)3-5-10/h2-5,11,14H,6-8H2,1H3,(H,15,17)/t11-/m1/s1. The number of nitrogens with zero attached hydrogens (tertiary/aromatic N) is 1. The minimum Gasteiger partial charge on any atom is -0.323 e. The summed E-state index contributed by atoms with van der Waals surface area (Å²) in [5, 5.41) is 6.70. The van der Waals surface area contributed by atoms with Crippen molar-refractivity contribution >= 4 is 23.3 Å². The number of hydrogen-bond acceptors (Lipinski definition) is 2. The van der Waals surface area contributed by atoms with Crippen molar-refractivity contribution in [3.05, 3.63) is 29.3 Å². The van der Waals surface area contributed by atoms with Gasteiger partial charge in [0.05, 0.1) is 0 Å². The average Bonchev–Trinajstić information content (AvgIpc) is 2.81. The molecule has 4 nitrogen and oxygen atoms in total. The Bertz CT molecular complexity index is 393. The Hall–Kier alpha value is -1.26. The first kappa shape index (κ1) is 12.2. The molecule has 1 fully saturated rings. The molecule has 92 valence electrons. The Balaban J connectivity index is 1.91. The van der Waals surface area contributed by atoms with Crippen molar-refractivity contribution in [3.8, 4) is 0 Å². The largest absolute Gasteiger partial charge is 0.323 e. The van der Waals surface area contributed by atoms with Gasteiger partial charge < -0.3 is 15.5 Å². The van der Waals surface area contributed by atoms with Crippen molar-refractivity contribution in [1.29, 1.82) is 0 Å². The van der Waals surface area contributed by atoms with E-state index in [0.29, 0.717) is 11.1 Å². The lowest BCUT2D eigenvalue weighted by atomic mass is 10.3. The number of nitrogens with one attached hydrogen (secondary N) is 2. The van der Waals surface area contributed by atoms with Crippen LogP contribution >= 0.6 is 11.6 Å². The fourth-order valence-electron chi connectivity index (χ4n) is 1.92. The van der Waals surface area contributed by atoms with E-state index in [9.17, 15) is 4.79 Å². The second-order valence-corrected chi connectivity index (χ2v) is 4.59. The van der Waals surface area contributed by atoms with Gasteiger partial charge in [0.1, 0.15) is 0 Å². The van der Waals surface area contributed by atoms with E-state index < -0.39 is 0 Å². The number of rotatable bonds is 2. The van der Waals surface area contributed by atoms with Crippen molar-refractivity contribution in [1.82, 2.24) is 10.2 Å². The molecule has 1 aromatic rings. The first-order valence-electron chi connectivity index (χ1n) is 5.68. The monoisotopic (exact) mass is 253 g/mol. The number of carbonyl (C=O) groups is 1. The summed E-state index contributed by atoms with van der Waals surface area (Å²) in [5.74, 6) is 0. The topological polar surface area (TPSA) is 44.4 Å². The number of benzene rings is 1. The molecule has 2 amide bonds. The van der Waals surface area contributed by atoms with E-state index in [2.05, 4.69) is 10.6 Å². The van der Waals surface area contributed by atoms with Gasteiger partial charge in [0.15, 0.2) is 0 Å². The van der Waals surface area contributed by atoms with E-state index >= 15 is 0 Å². The molecule has 0 radical (unpaired) electrons. The Kier molecular flexibility index (Phi) is 3.86. The van der Waals surface area contributed by atoms with Crippen molar-refractivity contribution in [3.63, 3.8) is 0 Å². The molecule has 2 N–H and O–H groups in total. The highest BCUT2D eigenvalue weighted by Gasteiger charge is 2.24. The van der Waals surface area contributed by atoms with Gasteiger partial charge in [0.25, 0.3) is 0 Å². The van der Waals surface area contributed by atoms with Gasteiger partial charge in [-0.25, -0.2) is 4.79 Å².